The third kappa shape index (κ3) is 1.99. The van der Waals surface area contributed by atoms with Gasteiger partial charge in [0.1, 0.15) is 11.3 Å². The molecule has 0 saturated carbocycles. The van der Waals surface area contributed by atoms with E-state index in [2.05, 4.69) is 6.20 Å². The molecule has 0 heterocycles. The Kier molecular flexibility index (Phi) is 3.89. The predicted octanol–water partition coefficient (Wildman–Crippen LogP) is -3.61. The van der Waals surface area contributed by atoms with Crippen molar-refractivity contribution in [2.75, 3.05) is 0 Å². The first-order valence-corrected chi connectivity index (χ1v) is 3.98. The second-order valence-corrected chi connectivity index (χ2v) is 3.54. The number of hydrogen-bond acceptors (Lipinski definition) is 7. The van der Waals surface area contributed by atoms with Gasteiger partial charge < -0.3 is 40.1 Å². The van der Waals surface area contributed by atoms with Gasteiger partial charge in [-0.2, -0.15) is 11.8 Å². The molecule has 14 N–H and O–H groups in total. The van der Waals surface area contributed by atoms with E-state index in [1.54, 1.807) is 0 Å². The predicted molar refractivity (Wildman–Crippen MR) is 53.2 cm³/mol. The van der Waals surface area contributed by atoms with Crippen LogP contribution in [0.4, 0.5) is 0 Å². The smallest absolute Gasteiger partial charge is 0.121 e. The molecule has 15 heavy (non-hydrogen) atoms. The van der Waals surface area contributed by atoms with E-state index in [-0.39, 0.29) is 37.3 Å². The SMILES string of the molecule is N[C-]=C1CC(N)(N)C(N)(N)C(N)=C1N.[Zn]. The van der Waals surface area contributed by atoms with Crippen molar-refractivity contribution < 1.29 is 19.5 Å². The van der Waals surface area contributed by atoms with Crippen LogP contribution >= 0.6 is 0 Å². The average molecular weight is 264 g/mol. The van der Waals surface area contributed by atoms with E-state index >= 15 is 0 Å². The van der Waals surface area contributed by atoms with Crippen molar-refractivity contribution in [2.24, 2.45) is 40.1 Å². The molecule has 8 heteroatoms. The number of hydrogen-bond donors (Lipinski definition) is 7. The van der Waals surface area contributed by atoms with E-state index in [9.17, 15) is 0 Å². The zero-order valence-corrected chi connectivity index (χ0v) is 11.4. The van der Waals surface area contributed by atoms with Crippen molar-refractivity contribution in [1.29, 1.82) is 0 Å². The van der Waals surface area contributed by atoms with Gasteiger partial charge >= 0.3 is 0 Å². The van der Waals surface area contributed by atoms with Crippen LogP contribution in [-0.2, 0) is 19.5 Å². The van der Waals surface area contributed by atoms with Crippen LogP contribution in [0.25, 0.3) is 0 Å². The molecule has 0 atom stereocenters. The van der Waals surface area contributed by atoms with E-state index in [1.165, 1.54) is 0 Å². The summed E-state index contributed by atoms with van der Waals surface area (Å²) in [5, 5.41) is 0. The summed E-state index contributed by atoms with van der Waals surface area (Å²) in [6.07, 6.45) is 2.49. The normalized spacial score (nSPS) is 26.3. The fraction of sp³-hybridized carbons (Fsp3) is 0.429. The van der Waals surface area contributed by atoms with Gasteiger partial charge in [-0.3, -0.25) is 0 Å². The summed E-state index contributed by atoms with van der Waals surface area (Å²) < 4.78 is 0. The van der Waals surface area contributed by atoms with E-state index < -0.39 is 11.3 Å². The summed E-state index contributed by atoms with van der Waals surface area (Å²) >= 11 is 0. The van der Waals surface area contributed by atoms with Crippen molar-refractivity contribution in [3.05, 3.63) is 23.2 Å². The largest absolute Gasteiger partial charge is 0.489 e. The second-order valence-electron chi connectivity index (χ2n) is 3.54. The maximum Gasteiger partial charge on any atom is 0.121 e. The molecule has 0 aliphatic heterocycles. The summed E-state index contributed by atoms with van der Waals surface area (Å²) in [4.78, 5) is 0. The number of nitrogens with two attached hydrogens (primary N) is 7. The Morgan fingerprint density at radius 3 is 1.93 bits per heavy atom. The Bertz CT molecular complexity index is 317. The quantitative estimate of drug-likeness (QED) is 0.102. The molecule has 0 bridgehead atoms. The molecule has 1 aliphatic carbocycles. The minimum Gasteiger partial charge on any atom is -0.489 e. The molecular formula is C7H16N7Zn-. The van der Waals surface area contributed by atoms with Crippen molar-refractivity contribution >= 4 is 0 Å². The molecule has 0 unspecified atom stereocenters. The van der Waals surface area contributed by atoms with Crippen LogP contribution in [0.1, 0.15) is 6.42 Å². The summed E-state index contributed by atoms with van der Waals surface area (Å²) in [7, 11) is 0. The summed E-state index contributed by atoms with van der Waals surface area (Å²) in [6.45, 7) is 0. The topological polar surface area (TPSA) is 182 Å². The van der Waals surface area contributed by atoms with Gasteiger partial charge in [0.15, 0.2) is 0 Å². The minimum absolute atomic E-state index is 0. The third-order valence-corrected chi connectivity index (χ3v) is 2.47. The Morgan fingerprint density at radius 2 is 1.53 bits per heavy atom. The van der Waals surface area contributed by atoms with E-state index in [0.29, 0.717) is 5.57 Å². The first-order chi connectivity index (χ1) is 6.24. The molecule has 1 rings (SSSR count). The molecule has 0 aromatic carbocycles. The van der Waals surface area contributed by atoms with E-state index in [4.69, 9.17) is 40.1 Å². The Morgan fingerprint density at radius 1 is 1.07 bits per heavy atom. The maximum absolute atomic E-state index is 5.72. The van der Waals surface area contributed by atoms with Crippen molar-refractivity contribution in [2.45, 2.75) is 17.7 Å². The first-order valence-electron chi connectivity index (χ1n) is 3.98. The summed E-state index contributed by atoms with van der Waals surface area (Å²) in [5.41, 5.74) is 37.0. The molecule has 1 aliphatic rings. The summed E-state index contributed by atoms with van der Waals surface area (Å²) in [5.74, 6) is 0. The molecule has 0 radical (unpaired) electrons. The summed E-state index contributed by atoms with van der Waals surface area (Å²) in [6, 6.07) is 0. The zero-order valence-electron chi connectivity index (χ0n) is 8.46. The van der Waals surface area contributed by atoms with Gasteiger partial charge in [0.25, 0.3) is 0 Å². The monoisotopic (exact) mass is 262 g/mol. The van der Waals surface area contributed by atoms with E-state index in [1.807, 2.05) is 0 Å². The Labute approximate surface area is 101 Å². The van der Waals surface area contributed by atoms with Gasteiger partial charge in [-0.25, -0.2) is 0 Å². The molecule has 0 spiro atoms. The van der Waals surface area contributed by atoms with Gasteiger partial charge in [0.05, 0.1) is 0 Å². The zero-order chi connectivity index (χ0) is 11.1. The van der Waals surface area contributed by atoms with Gasteiger partial charge in [-0.15, -0.1) is 0 Å². The maximum atomic E-state index is 5.72. The van der Waals surface area contributed by atoms with Crippen LogP contribution in [0.15, 0.2) is 17.0 Å². The van der Waals surface area contributed by atoms with Crippen molar-refractivity contribution in [3.63, 3.8) is 0 Å². The Balaban J connectivity index is 0.00000196. The van der Waals surface area contributed by atoms with Gasteiger partial charge in [-0.05, 0) is 12.1 Å². The molecular weight excluding hydrogens is 248 g/mol. The standard InChI is InChI=1S/C7H16N7.Zn/c8-2-3-1-6(11,12)7(13,14)5(10)4(3)9;/h1,8-14H2;/q-1;. The fourth-order valence-corrected chi connectivity index (χ4v) is 1.30. The van der Waals surface area contributed by atoms with E-state index in [0.717, 1.165) is 0 Å². The molecule has 0 aromatic heterocycles. The molecule has 0 aromatic rings. The Hall–Kier alpha value is -0.657. The molecule has 0 amide bonds. The molecule has 0 fully saturated rings. The first kappa shape index (κ1) is 14.3. The van der Waals surface area contributed by atoms with Crippen LogP contribution in [0.3, 0.4) is 0 Å². The van der Waals surface area contributed by atoms with Gasteiger partial charge in [0.2, 0.25) is 0 Å². The third-order valence-electron chi connectivity index (χ3n) is 2.47. The van der Waals surface area contributed by atoms with Crippen LogP contribution in [0, 0.1) is 6.20 Å². The van der Waals surface area contributed by atoms with Gasteiger partial charge in [0, 0.05) is 19.5 Å². The van der Waals surface area contributed by atoms with Crippen LogP contribution in [0.5, 0.6) is 0 Å². The minimum atomic E-state index is -1.54. The van der Waals surface area contributed by atoms with Crippen LogP contribution in [0.2, 0.25) is 0 Å². The fourth-order valence-electron chi connectivity index (χ4n) is 1.30. The molecule has 0 saturated heterocycles. The van der Waals surface area contributed by atoms with Crippen LogP contribution < -0.4 is 40.1 Å². The molecule has 7 nitrogen and oxygen atoms in total. The number of allylic oxidation sites excluding steroid dienone is 1. The van der Waals surface area contributed by atoms with Crippen LogP contribution in [-0.4, -0.2) is 11.3 Å². The van der Waals surface area contributed by atoms with Crippen molar-refractivity contribution in [3.8, 4) is 0 Å². The second kappa shape index (κ2) is 4.07. The van der Waals surface area contributed by atoms with Gasteiger partial charge in [-0.1, -0.05) is 5.70 Å². The number of rotatable bonds is 0. The average Bonchev–Trinajstić information content (AvgIpc) is 2.09. The molecule has 82 valence electrons. The van der Waals surface area contributed by atoms with Crippen molar-refractivity contribution in [1.82, 2.24) is 0 Å².